The van der Waals surface area contributed by atoms with E-state index < -0.39 is 11.9 Å². The van der Waals surface area contributed by atoms with Crippen molar-refractivity contribution in [3.63, 3.8) is 0 Å². The van der Waals surface area contributed by atoms with E-state index in [0.717, 1.165) is 5.69 Å². The molecule has 0 saturated heterocycles. The minimum atomic E-state index is -0.630. The van der Waals surface area contributed by atoms with E-state index in [2.05, 4.69) is 20.6 Å². The fourth-order valence-electron chi connectivity index (χ4n) is 1.64. The number of nitrogens with zero attached hydrogens (tertiary/aromatic N) is 1. The lowest BCUT2D eigenvalue weighted by Gasteiger charge is -2.13. The van der Waals surface area contributed by atoms with Crippen LogP contribution in [0.15, 0.2) is 35.3 Å². The van der Waals surface area contributed by atoms with Gasteiger partial charge in [0.15, 0.2) is 5.76 Å². The lowest BCUT2D eigenvalue weighted by Crippen LogP contribution is -2.45. The van der Waals surface area contributed by atoms with Crippen LogP contribution < -0.4 is 10.6 Å². The van der Waals surface area contributed by atoms with Gasteiger partial charge in [-0.05, 0) is 19.1 Å². The van der Waals surface area contributed by atoms with Crippen molar-refractivity contribution in [1.29, 1.82) is 0 Å². The van der Waals surface area contributed by atoms with Crippen LogP contribution in [-0.4, -0.2) is 34.4 Å². The predicted molar refractivity (Wildman–Crippen MR) is 70.9 cm³/mol. The van der Waals surface area contributed by atoms with Crippen LogP contribution in [-0.2, 0) is 11.2 Å². The third-order valence-electron chi connectivity index (χ3n) is 2.73. The Balaban J connectivity index is 1.73. The Morgan fingerprint density at radius 1 is 1.50 bits per heavy atom. The van der Waals surface area contributed by atoms with E-state index in [1.807, 2.05) is 0 Å². The summed E-state index contributed by atoms with van der Waals surface area (Å²) in [6, 6.07) is 2.52. The molecular weight excluding hydrogens is 260 g/mol. The number of hydrogen-bond acceptors (Lipinski definition) is 4. The molecular formula is C13H16N4O3. The normalized spacial score (nSPS) is 11.8. The molecule has 1 unspecified atom stereocenters. The van der Waals surface area contributed by atoms with Crippen LogP contribution in [0.25, 0.3) is 0 Å². The Kier molecular flexibility index (Phi) is 4.54. The van der Waals surface area contributed by atoms with E-state index in [9.17, 15) is 9.59 Å². The van der Waals surface area contributed by atoms with Crippen LogP contribution in [0.4, 0.5) is 0 Å². The molecule has 3 N–H and O–H groups in total. The molecule has 1 atom stereocenters. The first kappa shape index (κ1) is 13.9. The zero-order chi connectivity index (χ0) is 14.4. The number of carbonyl (C=O) groups excluding carboxylic acids is 2. The average molecular weight is 276 g/mol. The van der Waals surface area contributed by atoms with Crippen molar-refractivity contribution in [1.82, 2.24) is 20.6 Å². The fourth-order valence-corrected chi connectivity index (χ4v) is 1.64. The lowest BCUT2D eigenvalue weighted by atomic mass is 10.2. The Morgan fingerprint density at radius 2 is 2.35 bits per heavy atom. The Labute approximate surface area is 115 Å². The van der Waals surface area contributed by atoms with Gasteiger partial charge in [-0.3, -0.25) is 9.59 Å². The highest BCUT2D eigenvalue weighted by Crippen LogP contribution is 2.00. The third-order valence-corrected chi connectivity index (χ3v) is 2.73. The van der Waals surface area contributed by atoms with E-state index in [1.165, 1.54) is 12.3 Å². The van der Waals surface area contributed by atoms with Gasteiger partial charge in [0.05, 0.1) is 12.6 Å². The van der Waals surface area contributed by atoms with Gasteiger partial charge in [0.1, 0.15) is 6.04 Å². The van der Waals surface area contributed by atoms with Gasteiger partial charge in [0.2, 0.25) is 5.91 Å². The monoisotopic (exact) mass is 276 g/mol. The lowest BCUT2D eigenvalue weighted by molar-refractivity contribution is -0.122. The van der Waals surface area contributed by atoms with Gasteiger partial charge in [-0.2, -0.15) is 0 Å². The number of furan rings is 1. The predicted octanol–water partition coefficient (Wildman–Crippen LogP) is 0.480. The molecule has 0 spiro atoms. The largest absolute Gasteiger partial charge is 0.459 e. The molecule has 2 heterocycles. The molecule has 7 nitrogen and oxygen atoms in total. The van der Waals surface area contributed by atoms with E-state index in [0.29, 0.717) is 13.0 Å². The van der Waals surface area contributed by atoms with Gasteiger partial charge in [-0.25, -0.2) is 4.98 Å². The van der Waals surface area contributed by atoms with Gasteiger partial charge in [-0.1, -0.05) is 0 Å². The third kappa shape index (κ3) is 3.71. The highest BCUT2D eigenvalue weighted by atomic mass is 16.3. The van der Waals surface area contributed by atoms with Crippen LogP contribution >= 0.6 is 0 Å². The fraction of sp³-hybridized carbons (Fsp3) is 0.308. The van der Waals surface area contributed by atoms with Crippen molar-refractivity contribution in [3.8, 4) is 0 Å². The number of aromatic amines is 1. The van der Waals surface area contributed by atoms with Crippen molar-refractivity contribution in [2.75, 3.05) is 6.54 Å². The van der Waals surface area contributed by atoms with Gasteiger partial charge in [0.25, 0.3) is 5.91 Å². The van der Waals surface area contributed by atoms with E-state index in [4.69, 9.17) is 4.42 Å². The summed E-state index contributed by atoms with van der Waals surface area (Å²) in [7, 11) is 0. The molecule has 20 heavy (non-hydrogen) atoms. The molecule has 7 heteroatoms. The van der Waals surface area contributed by atoms with Crippen molar-refractivity contribution in [2.24, 2.45) is 0 Å². The van der Waals surface area contributed by atoms with E-state index >= 15 is 0 Å². The molecule has 2 amide bonds. The molecule has 0 fully saturated rings. The van der Waals surface area contributed by atoms with Gasteiger partial charge in [0, 0.05) is 24.9 Å². The molecule has 0 aliphatic carbocycles. The number of nitrogens with one attached hydrogen (secondary N) is 3. The van der Waals surface area contributed by atoms with Crippen LogP contribution in [0.1, 0.15) is 23.2 Å². The second-order valence-electron chi connectivity index (χ2n) is 4.29. The maximum absolute atomic E-state index is 11.8. The van der Waals surface area contributed by atoms with Crippen LogP contribution in [0.3, 0.4) is 0 Å². The second-order valence-corrected chi connectivity index (χ2v) is 4.29. The molecule has 2 rings (SSSR count). The number of H-pyrrole nitrogens is 1. The first-order chi connectivity index (χ1) is 9.66. The summed E-state index contributed by atoms with van der Waals surface area (Å²) in [5, 5.41) is 5.30. The molecule has 0 aliphatic rings. The van der Waals surface area contributed by atoms with E-state index in [1.54, 1.807) is 25.5 Å². The summed E-state index contributed by atoms with van der Waals surface area (Å²) in [6.07, 6.45) is 5.35. The standard InChI is InChI=1S/C13H16N4O3/c1-9(17-13(19)11-3-2-6-20-11)12(18)15-5-4-10-7-14-8-16-10/h2-3,6-9H,4-5H2,1H3,(H,14,16)(H,15,18)(H,17,19). The van der Waals surface area contributed by atoms with Crippen molar-refractivity contribution < 1.29 is 14.0 Å². The topological polar surface area (TPSA) is 100 Å². The molecule has 2 aromatic heterocycles. The molecule has 0 aliphatic heterocycles. The maximum atomic E-state index is 11.8. The molecule has 2 aromatic rings. The molecule has 106 valence electrons. The number of carbonyl (C=O) groups is 2. The number of hydrogen-bond donors (Lipinski definition) is 3. The SMILES string of the molecule is CC(NC(=O)c1ccco1)C(=O)NCCc1cnc[nH]1. The van der Waals surface area contributed by atoms with Crippen LogP contribution in [0.2, 0.25) is 0 Å². The quantitative estimate of drug-likeness (QED) is 0.714. The average Bonchev–Trinajstić information content (AvgIpc) is 3.11. The van der Waals surface area contributed by atoms with Gasteiger partial charge >= 0.3 is 0 Å². The first-order valence-corrected chi connectivity index (χ1v) is 6.26. The van der Waals surface area contributed by atoms with E-state index in [-0.39, 0.29) is 11.7 Å². The smallest absolute Gasteiger partial charge is 0.287 e. The summed E-state index contributed by atoms with van der Waals surface area (Å²) in [5.41, 5.74) is 0.942. The van der Waals surface area contributed by atoms with Crippen LogP contribution in [0, 0.1) is 0 Å². The zero-order valence-electron chi connectivity index (χ0n) is 11.1. The zero-order valence-corrected chi connectivity index (χ0v) is 11.1. The first-order valence-electron chi connectivity index (χ1n) is 6.26. The van der Waals surface area contributed by atoms with Crippen molar-refractivity contribution >= 4 is 11.8 Å². The maximum Gasteiger partial charge on any atom is 0.287 e. The number of imidazole rings is 1. The van der Waals surface area contributed by atoms with Crippen LogP contribution in [0.5, 0.6) is 0 Å². The molecule has 0 radical (unpaired) electrons. The number of aromatic nitrogens is 2. The summed E-state index contributed by atoms with van der Waals surface area (Å²) in [6.45, 7) is 2.09. The summed E-state index contributed by atoms with van der Waals surface area (Å²) in [4.78, 5) is 30.3. The van der Waals surface area contributed by atoms with Crippen molar-refractivity contribution in [2.45, 2.75) is 19.4 Å². The Bertz CT molecular complexity index is 548. The number of amides is 2. The number of rotatable bonds is 6. The summed E-state index contributed by atoms with van der Waals surface area (Å²) in [5.74, 6) is -0.474. The van der Waals surface area contributed by atoms with Gasteiger partial charge in [-0.15, -0.1) is 0 Å². The Hall–Kier alpha value is -2.57. The van der Waals surface area contributed by atoms with Gasteiger partial charge < -0.3 is 20.0 Å². The molecule has 0 aromatic carbocycles. The summed E-state index contributed by atoms with van der Waals surface area (Å²) < 4.78 is 4.95. The Morgan fingerprint density at radius 3 is 3.00 bits per heavy atom. The minimum absolute atomic E-state index is 0.183. The van der Waals surface area contributed by atoms with Crippen molar-refractivity contribution in [3.05, 3.63) is 42.4 Å². The second kappa shape index (κ2) is 6.55. The molecule has 0 saturated carbocycles. The highest BCUT2D eigenvalue weighted by molar-refractivity contribution is 5.95. The minimum Gasteiger partial charge on any atom is -0.459 e. The summed E-state index contributed by atoms with van der Waals surface area (Å²) >= 11 is 0. The molecule has 0 bridgehead atoms. The highest BCUT2D eigenvalue weighted by Gasteiger charge is 2.17.